The lowest BCUT2D eigenvalue weighted by Crippen LogP contribution is -2.14. The number of hydrogen-bond acceptors (Lipinski definition) is 6. The smallest absolute Gasteiger partial charge is 0.191 e. The second-order valence-electron chi connectivity index (χ2n) is 7.60. The third-order valence-corrected chi connectivity index (χ3v) is 8.27. The number of hydrogen-bond donors (Lipinski definition) is 0. The number of carbonyl (C=O) groups excluding carboxylic acids is 1. The van der Waals surface area contributed by atoms with Gasteiger partial charge in [0.15, 0.2) is 20.8 Å². The van der Waals surface area contributed by atoms with Crippen molar-refractivity contribution in [2.45, 2.75) is 50.2 Å². The van der Waals surface area contributed by atoms with Crippen LogP contribution in [0.4, 0.5) is 0 Å². The highest BCUT2D eigenvalue weighted by atomic mass is 32.2. The first-order valence-electron chi connectivity index (χ1n) is 9.21. The molecule has 1 aliphatic heterocycles. The highest BCUT2D eigenvalue weighted by Crippen LogP contribution is 2.39. The number of nitrogens with zero attached hydrogens (tertiary/aromatic N) is 4. The van der Waals surface area contributed by atoms with E-state index >= 15 is 0 Å². The molecule has 0 N–H and O–H groups in total. The molecule has 1 aliphatic carbocycles. The van der Waals surface area contributed by atoms with Crippen LogP contribution in [0.25, 0.3) is 0 Å². The van der Waals surface area contributed by atoms with Gasteiger partial charge in [0.1, 0.15) is 5.82 Å². The molecular weight excluding hydrogens is 384 g/mol. The normalized spacial score (nSPS) is 21.7. The predicted molar refractivity (Wildman–Crippen MR) is 104 cm³/mol. The average Bonchev–Trinajstić information content (AvgIpc) is 3.20. The van der Waals surface area contributed by atoms with Crippen molar-refractivity contribution < 1.29 is 13.2 Å². The number of thioether (sulfide) groups is 1. The predicted octanol–water partition coefficient (Wildman–Crippen LogP) is 2.45. The van der Waals surface area contributed by atoms with E-state index in [0.29, 0.717) is 23.7 Å². The fraction of sp³-hybridized carbons (Fsp3) is 0.611. The van der Waals surface area contributed by atoms with Gasteiger partial charge in [-0.2, -0.15) is 0 Å². The van der Waals surface area contributed by atoms with Crippen molar-refractivity contribution in [2.24, 2.45) is 7.05 Å². The fourth-order valence-electron chi connectivity index (χ4n) is 3.96. The average molecular weight is 409 g/mol. The molecule has 2 fully saturated rings. The van der Waals surface area contributed by atoms with E-state index in [2.05, 4.69) is 10.2 Å². The van der Waals surface area contributed by atoms with Gasteiger partial charge in [0.05, 0.1) is 17.3 Å². The Morgan fingerprint density at radius 1 is 1.26 bits per heavy atom. The van der Waals surface area contributed by atoms with Crippen LogP contribution in [0.1, 0.15) is 58.8 Å². The van der Waals surface area contributed by atoms with Gasteiger partial charge in [0.25, 0.3) is 0 Å². The van der Waals surface area contributed by atoms with Gasteiger partial charge in [0.2, 0.25) is 0 Å². The molecule has 2 aromatic rings. The fourth-order valence-corrected chi connectivity index (χ4v) is 6.46. The van der Waals surface area contributed by atoms with E-state index in [4.69, 9.17) is 0 Å². The molecule has 1 saturated heterocycles. The third kappa shape index (κ3) is 3.59. The highest BCUT2D eigenvalue weighted by Gasteiger charge is 2.32. The molecule has 2 aromatic heterocycles. The Bertz CT molecular complexity index is 1000. The van der Waals surface area contributed by atoms with Crippen LogP contribution in [0.2, 0.25) is 0 Å². The SMILES string of the molecule is Cc1cc(C(=O)CSc2nnc(C3CC3)n2C)c(C)n1[C@H]1CCS(=O)(=O)C1. The van der Waals surface area contributed by atoms with Gasteiger partial charge in [0, 0.05) is 36.0 Å². The first-order chi connectivity index (χ1) is 12.8. The minimum atomic E-state index is -2.97. The van der Waals surface area contributed by atoms with Crippen LogP contribution in [0.5, 0.6) is 0 Å². The van der Waals surface area contributed by atoms with E-state index in [-0.39, 0.29) is 23.3 Å². The van der Waals surface area contributed by atoms with E-state index in [1.54, 1.807) is 0 Å². The molecule has 0 radical (unpaired) electrons. The zero-order chi connectivity index (χ0) is 19.3. The van der Waals surface area contributed by atoms with Crippen molar-refractivity contribution in [3.8, 4) is 0 Å². The van der Waals surface area contributed by atoms with Gasteiger partial charge < -0.3 is 9.13 Å². The number of aryl methyl sites for hydroxylation is 1. The Kier molecular flexibility index (Phi) is 4.70. The van der Waals surface area contributed by atoms with Crippen LogP contribution in [0, 0.1) is 13.8 Å². The third-order valence-electron chi connectivity index (χ3n) is 5.50. The summed E-state index contributed by atoms with van der Waals surface area (Å²) in [5.41, 5.74) is 2.48. The molecule has 0 amide bonds. The first kappa shape index (κ1) is 18.7. The first-order valence-corrected chi connectivity index (χ1v) is 12.0. The molecular formula is C18H24N4O3S2. The molecule has 0 unspecified atom stereocenters. The maximum absolute atomic E-state index is 12.8. The van der Waals surface area contributed by atoms with Crippen LogP contribution in [0.3, 0.4) is 0 Å². The molecule has 9 heteroatoms. The molecule has 0 spiro atoms. The summed E-state index contributed by atoms with van der Waals surface area (Å²) in [6, 6.07) is 1.82. The Morgan fingerprint density at radius 3 is 2.63 bits per heavy atom. The summed E-state index contributed by atoms with van der Waals surface area (Å²) in [4.78, 5) is 12.8. The van der Waals surface area contributed by atoms with Crippen molar-refractivity contribution in [1.29, 1.82) is 0 Å². The zero-order valence-corrected chi connectivity index (χ0v) is 17.4. The van der Waals surface area contributed by atoms with Crippen LogP contribution in [0.15, 0.2) is 11.2 Å². The number of Topliss-reactive ketones (excluding diaryl/α,β-unsaturated/α-hetero) is 1. The standard InChI is InChI=1S/C18H24N4O3S2/c1-11-8-15(12(2)22(11)14-6-7-27(24,25)10-14)16(23)9-26-18-20-19-17(21(18)3)13-4-5-13/h8,13-14H,4-7,9-10H2,1-3H3/t14-/m0/s1. The Hall–Kier alpha value is -1.61. The summed E-state index contributed by atoms with van der Waals surface area (Å²) >= 11 is 1.41. The largest absolute Gasteiger partial charge is 0.344 e. The molecule has 3 heterocycles. The molecule has 0 bridgehead atoms. The molecule has 27 heavy (non-hydrogen) atoms. The maximum atomic E-state index is 12.8. The lowest BCUT2D eigenvalue weighted by molar-refractivity contribution is 0.102. The number of carbonyl (C=O) groups is 1. The molecule has 1 atom stereocenters. The summed E-state index contributed by atoms with van der Waals surface area (Å²) < 4.78 is 27.7. The lowest BCUT2D eigenvalue weighted by Gasteiger charge is -2.16. The number of ketones is 1. The van der Waals surface area contributed by atoms with Crippen LogP contribution in [-0.4, -0.2) is 50.8 Å². The van der Waals surface area contributed by atoms with Crippen LogP contribution < -0.4 is 0 Å². The summed E-state index contributed by atoms with van der Waals surface area (Å²) in [5.74, 6) is 2.25. The van der Waals surface area contributed by atoms with Gasteiger partial charge in [-0.05, 0) is 39.2 Å². The Morgan fingerprint density at radius 2 is 2.00 bits per heavy atom. The van der Waals surface area contributed by atoms with Crippen LogP contribution in [-0.2, 0) is 16.9 Å². The van der Waals surface area contributed by atoms with E-state index < -0.39 is 9.84 Å². The van der Waals surface area contributed by atoms with Crippen molar-refractivity contribution in [3.63, 3.8) is 0 Å². The van der Waals surface area contributed by atoms with Crippen molar-refractivity contribution in [1.82, 2.24) is 19.3 Å². The van der Waals surface area contributed by atoms with E-state index in [0.717, 1.165) is 22.4 Å². The van der Waals surface area contributed by atoms with E-state index in [1.165, 1.54) is 24.6 Å². The summed E-state index contributed by atoms with van der Waals surface area (Å²) in [7, 11) is -1.02. The quantitative estimate of drug-likeness (QED) is 0.539. The number of rotatable bonds is 6. The summed E-state index contributed by atoms with van der Waals surface area (Å²) in [5, 5.41) is 9.23. The summed E-state index contributed by atoms with van der Waals surface area (Å²) in [6.45, 7) is 3.84. The lowest BCUT2D eigenvalue weighted by atomic mass is 10.2. The minimum Gasteiger partial charge on any atom is -0.344 e. The monoisotopic (exact) mass is 408 g/mol. The van der Waals surface area contributed by atoms with Gasteiger partial charge in [-0.3, -0.25) is 4.79 Å². The topological polar surface area (TPSA) is 86.8 Å². The summed E-state index contributed by atoms with van der Waals surface area (Å²) in [6.07, 6.45) is 2.95. The molecule has 146 valence electrons. The van der Waals surface area contributed by atoms with Gasteiger partial charge in [-0.15, -0.1) is 10.2 Å². The molecule has 0 aromatic carbocycles. The van der Waals surface area contributed by atoms with Crippen molar-refractivity contribution >= 4 is 27.4 Å². The van der Waals surface area contributed by atoms with E-state index in [9.17, 15) is 13.2 Å². The van der Waals surface area contributed by atoms with Crippen LogP contribution >= 0.6 is 11.8 Å². The van der Waals surface area contributed by atoms with Crippen molar-refractivity contribution in [2.75, 3.05) is 17.3 Å². The number of aromatic nitrogens is 4. The molecule has 4 rings (SSSR count). The highest BCUT2D eigenvalue weighted by molar-refractivity contribution is 7.99. The number of sulfone groups is 1. The minimum absolute atomic E-state index is 0.0381. The second kappa shape index (κ2) is 6.77. The maximum Gasteiger partial charge on any atom is 0.191 e. The molecule has 1 saturated carbocycles. The molecule has 2 aliphatic rings. The molecule has 7 nitrogen and oxygen atoms in total. The second-order valence-corrected chi connectivity index (χ2v) is 10.8. The Balaban J connectivity index is 1.48. The zero-order valence-electron chi connectivity index (χ0n) is 15.8. The van der Waals surface area contributed by atoms with Gasteiger partial charge in [-0.1, -0.05) is 11.8 Å². The van der Waals surface area contributed by atoms with Gasteiger partial charge >= 0.3 is 0 Å². The van der Waals surface area contributed by atoms with Gasteiger partial charge in [-0.25, -0.2) is 8.42 Å². The van der Waals surface area contributed by atoms with Crippen molar-refractivity contribution in [3.05, 3.63) is 28.8 Å². The van der Waals surface area contributed by atoms with E-state index in [1.807, 2.05) is 36.1 Å². The Labute approximate surface area is 163 Å².